The molecule has 0 unspecified atom stereocenters. The summed E-state index contributed by atoms with van der Waals surface area (Å²) < 4.78 is 5.36. The predicted octanol–water partition coefficient (Wildman–Crippen LogP) is 3.63. The van der Waals surface area contributed by atoms with Gasteiger partial charge in [-0.15, -0.1) is 11.3 Å². The van der Waals surface area contributed by atoms with E-state index in [1.165, 1.54) is 11.3 Å². The van der Waals surface area contributed by atoms with Crippen molar-refractivity contribution in [1.82, 2.24) is 0 Å². The number of carboxylic acids is 1. The van der Waals surface area contributed by atoms with E-state index in [1.54, 1.807) is 13.8 Å². The number of hydrogen-bond acceptors (Lipinski definition) is 5. The second-order valence-electron chi connectivity index (χ2n) is 6.62. The van der Waals surface area contributed by atoms with Gasteiger partial charge in [0.1, 0.15) is 5.00 Å². The summed E-state index contributed by atoms with van der Waals surface area (Å²) in [6.07, 6.45) is 3.22. The average Bonchev–Trinajstić information content (AvgIpc) is 2.88. The Morgan fingerprint density at radius 3 is 2.64 bits per heavy atom. The number of nitrogens with one attached hydrogen (secondary N) is 1. The molecule has 1 aliphatic rings. The summed E-state index contributed by atoms with van der Waals surface area (Å²) >= 11 is 1.42. The maximum atomic E-state index is 12.5. The van der Waals surface area contributed by atoms with Crippen LogP contribution in [0, 0.1) is 5.92 Å². The van der Waals surface area contributed by atoms with E-state index in [1.807, 2.05) is 0 Å². The highest BCUT2D eigenvalue weighted by atomic mass is 32.1. The fraction of sp³-hybridized carbons (Fsp3) is 0.611. The third-order valence-corrected chi connectivity index (χ3v) is 5.48. The van der Waals surface area contributed by atoms with Gasteiger partial charge in [-0.25, -0.2) is 4.79 Å². The standard InChI is InChI=1S/C18H25NO5S/c1-4-11-5-6-12-13(9-11)25-17(16(12)18(23)24-10(2)3)19-14(20)7-8-15(21)22/h10-11H,4-9H2,1-3H3,(H,19,20)(H,21,22)/t11-/m0/s1. The summed E-state index contributed by atoms with van der Waals surface area (Å²) in [6, 6.07) is 0. The molecule has 25 heavy (non-hydrogen) atoms. The number of hydrogen-bond donors (Lipinski definition) is 2. The van der Waals surface area contributed by atoms with Crippen LogP contribution in [-0.4, -0.2) is 29.1 Å². The van der Waals surface area contributed by atoms with Crippen LogP contribution in [0.1, 0.15) is 67.3 Å². The van der Waals surface area contributed by atoms with Gasteiger partial charge in [0, 0.05) is 11.3 Å². The van der Waals surface area contributed by atoms with Crippen LogP contribution in [0.2, 0.25) is 0 Å². The van der Waals surface area contributed by atoms with Crippen molar-refractivity contribution in [3.63, 3.8) is 0 Å². The minimum Gasteiger partial charge on any atom is -0.481 e. The highest BCUT2D eigenvalue weighted by Gasteiger charge is 2.30. The molecule has 2 rings (SSSR count). The fourth-order valence-electron chi connectivity index (χ4n) is 2.99. The summed E-state index contributed by atoms with van der Waals surface area (Å²) in [5.74, 6) is -1.25. The van der Waals surface area contributed by atoms with Crippen LogP contribution in [-0.2, 0) is 27.2 Å². The van der Waals surface area contributed by atoms with E-state index in [9.17, 15) is 14.4 Å². The van der Waals surface area contributed by atoms with Gasteiger partial charge in [0.2, 0.25) is 5.91 Å². The van der Waals surface area contributed by atoms with Gasteiger partial charge < -0.3 is 15.2 Å². The molecule has 2 N–H and O–H groups in total. The van der Waals surface area contributed by atoms with Gasteiger partial charge in [-0.05, 0) is 44.6 Å². The normalized spacial score (nSPS) is 16.4. The topological polar surface area (TPSA) is 92.7 Å². The van der Waals surface area contributed by atoms with Gasteiger partial charge in [-0.2, -0.15) is 0 Å². The fourth-order valence-corrected chi connectivity index (χ4v) is 4.36. The lowest BCUT2D eigenvalue weighted by Crippen LogP contribution is -2.19. The molecule has 138 valence electrons. The number of ether oxygens (including phenoxy) is 1. The molecule has 0 radical (unpaired) electrons. The lowest BCUT2D eigenvalue weighted by molar-refractivity contribution is -0.138. The minimum absolute atomic E-state index is 0.117. The first-order valence-electron chi connectivity index (χ1n) is 8.68. The van der Waals surface area contributed by atoms with Crippen LogP contribution in [0.25, 0.3) is 0 Å². The average molecular weight is 367 g/mol. The van der Waals surface area contributed by atoms with Crippen molar-refractivity contribution >= 4 is 34.2 Å². The molecule has 1 aromatic rings. The molecule has 0 aliphatic heterocycles. The van der Waals surface area contributed by atoms with Crippen molar-refractivity contribution in [2.75, 3.05) is 5.32 Å². The Balaban J connectivity index is 2.27. The first-order valence-corrected chi connectivity index (χ1v) is 9.50. The van der Waals surface area contributed by atoms with E-state index < -0.39 is 17.8 Å². The molecular weight excluding hydrogens is 342 g/mol. The minimum atomic E-state index is -1.02. The van der Waals surface area contributed by atoms with Crippen molar-refractivity contribution in [2.45, 2.75) is 65.4 Å². The highest BCUT2D eigenvalue weighted by Crippen LogP contribution is 2.41. The van der Waals surface area contributed by atoms with Crippen molar-refractivity contribution in [3.8, 4) is 0 Å². The van der Waals surface area contributed by atoms with Crippen molar-refractivity contribution in [3.05, 3.63) is 16.0 Å². The number of esters is 1. The van der Waals surface area contributed by atoms with Crippen molar-refractivity contribution in [1.29, 1.82) is 0 Å². The molecule has 7 heteroatoms. The number of thiophene rings is 1. The number of amides is 1. The Morgan fingerprint density at radius 2 is 2.04 bits per heavy atom. The second-order valence-corrected chi connectivity index (χ2v) is 7.73. The first kappa shape index (κ1) is 19.4. The van der Waals surface area contributed by atoms with Crippen LogP contribution < -0.4 is 5.32 Å². The Hall–Kier alpha value is -1.89. The van der Waals surface area contributed by atoms with Gasteiger partial charge in [0.15, 0.2) is 0 Å². The zero-order valence-electron chi connectivity index (χ0n) is 14.9. The zero-order chi connectivity index (χ0) is 18.6. The largest absolute Gasteiger partial charge is 0.481 e. The molecule has 1 aromatic heterocycles. The van der Waals surface area contributed by atoms with Gasteiger partial charge in [0.25, 0.3) is 0 Å². The van der Waals surface area contributed by atoms with Crippen molar-refractivity contribution < 1.29 is 24.2 Å². The van der Waals surface area contributed by atoms with Gasteiger partial charge in [-0.1, -0.05) is 13.3 Å². The third kappa shape index (κ3) is 5.04. The number of fused-ring (bicyclic) bond motifs is 1. The summed E-state index contributed by atoms with van der Waals surface area (Å²) in [4.78, 5) is 36.3. The summed E-state index contributed by atoms with van der Waals surface area (Å²) in [6.45, 7) is 5.73. The zero-order valence-corrected chi connectivity index (χ0v) is 15.7. The molecular formula is C18H25NO5S. The molecule has 0 fully saturated rings. The third-order valence-electron chi connectivity index (χ3n) is 4.31. The number of rotatable bonds is 7. The van der Waals surface area contributed by atoms with Gasteiger partial charge in [0.05, 0.1) is 18.1 Å². The number of carbonyl (C=O) groups excluding carboxylic acids is 2. The maximum Gasteiger partial charge on any atom is 0.341 e. The molecule has 0 saturated heterocycles. The van der Waals surface area contributed by atoms with Crippen LogP contribution in [0.15, 0.2) is 0 Å². The number of carbonyl (C=O) groups is 3. The quantitative estimate of drug-likeness (QED) is 0.718. The Bertz CT molecular complexity index is 665. The second kappa shape index (κ2) is 8.47. The summed E-state index contributed by atoms with van der Waals surface area (Å²) in [5.41, 5.74) is 1.43. The monoisotopic (exact) mass is 367 g/mol. The van der Waals surface area contributed by atoms with E-state index in [4.69, 9.17) is 9.84 Å². The predicted molar refractivity (Wildman–Crippen MR) is 96.2 cm³/mol. The number of carboxylic acid groups (broad SMARTS) is 1. The molecule has 0 saturated carbocycles. The molecule has 1 aliphatic carbocycles. The van der Waals surface area contributed by atoms with E-state index in [-0.39, 0.29) is 18.9 Å². The molecule has 1 heterocycles. The molecule has 0 aromatic carbocycles. The molecule has 1 atom stereocenters. The summed E-state index contributed by atoms with van der Waals surface area (Å²) in [7, 11) is 0. The Morgan fingerprint density at radius 1 is 1.32 bits per heavy atom. The smallest absolute Gasteiger partial charge is 0.341 e. The number of anilines is 1. The van der Waals surface area contributed by atoms with E-state index in [0.717, 1.165) is 36.1 Å². The van der Waals surface area contributed by atoms with Crippen LogP contribution in [0.3, 0.4) is 0 Å². The highest BCUT2D eigenvalue weighted by molar-refractivity contribution is 7.17. The van der Waals surface area contributed by atoms with Crippen LogP contribution >= 0.6 is 11.3 Å². The van der Waals surface area contributed by atoms with Crippen LogP contribution in [0.4, 0.5) is 5.00 Å². The van der Waals surface area contributed by atoms with Gasteiger partial charge >= 0.3 is 11.9 Å². The van der Waals surface area contributed by atoms with E-state index in [0.29, 0.717) is 16.5 Å². The molecule has 6 nitrogen and oxygen atoms in total. The molecule has 0 bridgehead atoms. The SMILES string of the molecule is CC[C@H]1CCc2c(sc(NC(=O)CCC(=O)O)c2C(=O)OC(C)C)C1. The number of aliphatic carboxylic acids is 1. The lowest BCUT2D eigenvalue weighted by Gasteiger charge is -2.21. The maximum absolute atomic E-state index is 12.5. The lowest BCUT2D eigenvalue weighted by atomic mass is 9.85. The van der Waals surface area contributed by atoms with E-state index >= 15 is 0 Å². The van der Waals surface area contributed by atoms with Crippen LogP contribution in [0.5, 0.6) is 0 Å². The van der Waals surface area contributed by atoms with Crippen molar-refractivity contribution in [2.24, 2.45) is 5.92 Å². The van der Waals surface area contributed by atoms with E-state index in [2.05, 4.69) is 12.2 Å². The Kier molecular flexibility index (Phi) is 6.58. The first-order chi connectivity index (χ1) is 11.8. The molecule has 1 amide bonds. The summed E-state index contributed by atoms with van der Waals surface area (Å²) in [5, 5.41) is 11.9. The van der Waals surface area contributed by atoms with Gasteiger partial charge in [-0.3, -0.25) is 9.59 Å². The molecule has 0 spiro atoms. The Labute approximate surface area is 151 Å².